The second kappa shape index (κ2) is 6.76. The molecular formula is C12H15BrF2N2OS. The van der Waals surface area contributed by atoms with Gasteiger partial charge in [0.15, 0.2) is 0 Å². The van der Waals surface area contributed by atoms with Gasteiger partial charge in [-0.25, -0.2) is 8.78 Å². The van der Waals surface area contributed by atoms with Gasteiger partial charge in [-0.1, -0.05) is 0 Å². The average molecular weight is 353 g/mol. The molecule has 1 aromatic rings. The molecule has 0 unspecified atom stereocenters. The van der Waals surface area contributed by atoms with Crippen molar-refractivity contribution in [2.24, 2.45) is 0 Å². The lowest BCUT2D eigenvalue weighted by Gasteiger charge is -2.31. The van der Waals surface area contributed by atoms with E-state index in [9.17, 15) is 13.6 Å². The van der Waals surface area contributed by atoms with Crippen molar-refractivity contribution in [3.8, 4) is 0 Å². The highest BCUT2D eigenvalue weighted by Crippen LogP contribution is 2.22. The summed E-state index contributed by atoms with van der Waals surface area (Å²) in [4.78, 5) is 14.3. The molecule has 1 aliphatic rings. The number of carbonyl (C=O) groups is 1. The van der Waals surface area contributed by atoms with Crippen LogP contribution in [-0.4, -0.2) is 42.9 Å². The van der Waals surface area contributed by atoms with Crippen LogP contribution in [0.25, 0.3) is 0 Å². The molecule has 2 rings (SSSR count). The van der Waals surface area contributed by atoms with E-state index in [1.807, 2.05) is 6.07 Å². The Labute approximate surface area is 123 Å². The largest absolute Gasteiger partial charge is 0.349 e. The van der Waals surface area contributed by atoms with Gasteiger partial charge in [-0.05, 0) is 40.9 Å². The molecule has 7 heteroatoms. The molecule has 1 fully saturated rings. The Hall–Kier alpha value is -0.530. The van der Waals surface area contributed by atoms with E-state index in [-0.39, 0.29) is 18.5 Å². The quantitative estimate of drug-likeness (QED) is 0.903. The summed E-state index contributed by atoms with van der Waals surface area (Å²) in [6.45, 7) is 1.06. The summed E-state index contributed by atoms with van der Waals surface area (Å²) in [6, 6.07) is 3.70. The Morgan fingerprint density at radius 3 is 2.68 bits per heavy atom. The smallest absolute Gasteiger partial charge is 0.261 e. The molecule has 1 N–H and O–H groups in total. The number of rotatable bonds is 4. The number of hydrogen-bond donors (Lipinski definition) is 1. The first kappa shape index (κ1) is 14.9. The maximum atomic E-state index is 12.2. The monoisotopic (exact) mass is 352 g/mol. The normalized spacial score (nSPS) is 17.9. The zero-order chi connectivity index (χ0) is 13.8. The van der Waals surface area contributed by atoms with E-state index in [1.165, 1.54) is 11.3 Å². The summed E-state index contributed by atoms with van der Waals surface area (Å²) < 4.78 is 25.4. The fourth-order valence-electron chi connectivity index (χ4n) is 2.15. The third kappa shape index (κ3) is 4.50. The molecule has 106 valence electrons. The Bertz CT molecular complexity index is 433. The Kier molecular flexibility index (Phi) is 5.29. The molecule has 1 saturated heterocycles. The number of hydrogen-bond acceptors (Lipinski definition) is 3. The van der Waals surface area contributed by atoms with Crippen molar-refractivity contribution in [2.75, 3.05) is 19.6 Å². The summed E-state index contributed by atoms with van der Waals surface area (Å²) in [7, 11) is 0. The maximum absolute atomic E-state index is 12.2. The van der Waals surface area contributed by atoms with Gasteiger partial charge >= 0.3 is 0 Å². The van der Waals surface area contributed by atoms with E-state index in [2.05, 4.69) is 21.2 Å². The first-order chi connectivity index (χ1) is 9.04. The van der Waals surface area contributed by atoms with Gasteiger partial charge in [-0.15, -0.1) is 11.3 Å². The minimum absolute atomic E-state index is 0.0805. The lowest BCUT2D eigenvalue weighted by molar-refractivity contribution is 0.0697. The van der Waals surface area contributed by atoms with Crippen LogP contribution in [0.4, 0.5) is 8.78 Å². The number of amides is 1. The summed E-state index contributed by atoms with van der Waals surface area (Å²) in [5.41, 5.74) is 0. The number of thiophene rings is 1. The van der Waals surface area contributed by atoms with Crippen LogP contribution in [0, 0.1) is 0 Å². The minimum Gasteiger partial charge on any atom is -0.349 e. The molecule has 1 aromatic heterocycles. The number of carbonyl (C=O) groups excluding carboxylic acids is 1. The highest BCUT2D eigenvalue weighted by atomic mass is 79.9. The lowest BCUT2D eigenvalue weighted by atomic mass is 10.1. The second-order valence-electron chi connectivity index (χ2n) is 4.54. The van der Waals surface area contributed by atoms with Gasteiger partial charge in [-0.3, -0.25) is 9.69 Å². The summed E-state index contributed by atoms with van der Waals surface area (Å²) in [5, 5.41) is 2.96. The number of alkyl halides is 2. The van der Waals surface area contributed by atoms with Crippen molar-refractivity contribution >= 4 is 33.2 Å². The number of piperidine rings is 1. The minimum atomic E-state index is -2.28. The average Bonchev–Trinajstić information content (AvgIpc) is 2.78. The van der Waals surface area contributed by atoms with E-state index in [0.717, 1.165) is 16.6 Å². The van der Waals surface area contributed by atoms with E-state index >= 15 is 0 Å². The SMILES string of the molecule is O=C(NC1CCN(CC(F)F)CC1)c1ccc(Br)s1. The van der Waals surface area contributed by atoms with Crippen molar-refractivity contribution in [1.29, 1.82) is 0 Å². The molecular weight excluding hydrogens is 338 g/mol. The van der Waals surface area contributed by atoms with Crippen LogP contribution in [0.3, 0.4) is 0 Å². The summed E-state index contributed by atoms with van der Waals surface area (Å²) in [6.07, 6.45) is -0.828. The van der Waals surface area contributed by atoms with Crippen LogP contribution in [0.5, 0.6) is 0 Å². The fraction of sp³-hybridized carbons (Fsp3) is 0.583. The summed E-state index contributed by atoms with van der Waals surface area (Å²) >= 11 is 4.71. The third-order valence-corrected chi connectivity index (χ3v) is 4.74. The summed E-state index contributed by atoms with van der Waals surface area (Å²) in [5.74, 6) is -0.0805. The topological polar surface area (TPSA) is 32.3 Å². The Morgan fingerprint density at radius 2 is 2.16 bits per heavy atom. The first-order valence-electron chi connectivity index (χ1n) is 6.11. The molecule has 0 atom stereocenters. The zero-order valence-corrected chi connectivity index (χ0v) is 12.6. The predicted molar refractivity (Wildman–Crippen MR) is 75.0 cm³/mol. The van der Waals surface area contributed by atoms with Crippen molar-refractivity contribution in [3.05, 3.63) is 20.8 Å². The fourth-order valence-corrected chi connectivity index (χ4v) is 3.44. The molecule has 0 spiro atoms. The van der Waals surface area contributed by atoms with Crippen LogP contribution < -0.4 is 5.32 Å². The molecule has 1 aliphatic heterocycles. The molecule has 0 aliphatic carbocycles. The van der Waals surface area contributed by atoms with Gasteiger partial charge in [0.25, 0.3) is 12.3 Å². The van der Waals surface area contributed by atoms with Gasteiger partial charge in [0.1, 0.15) is 0 Å². The highest BCUT2D eigenvalue weighted by Gasteiger charge is 2.23. The van der Waals surface area contributed by atoms with Gasteiger partial charge in [0.05, 0.1) is 15.2 Å². The van der Waals surface area contributed by atoms with Crippen LogP contribution >= 0.6 is 27.3 Å². The molecule has 3 nitrogen and oxygen atoms in total. The maximum Gasteiger partial charge on any atom is 0.261 e. The Balaban J connectivity index is 1.78. The van der Waals surface area contributed by atoms with E-state index < -0.39 is 6.43 Å². The van der Waals surface area contributed by atoms with E-state index in [1.54, 1.807) is 11.0 Å². The van der Waals surface area contributed by atoms with Gasteiger partial charge in [0.2, 0.25) is 0 Å². The molecule has 0 bridgehead atoms. The number of nitrogens with one attached hydrogen (secondary N) is 1. The van der Waals surface area contributed by atoms with Crippen molar-refractivity contribution < 1.29 is 13.6 Å². The zero-order valence-electron chi connectivity index (χ0n) is 10.2. The number of nitrogens with zero attached hydrogens (tertiary/aromatic N) is 1. The number of likely N-dealkylation sites (tertiary alicyclic amines) is 1. The van der Waals surface area contributed by atoms with Gasteiger partial charge < -0.3 is 5.32 Å². The molecule has 0 aromatic carbocycles. The van der Waals surface area contributed by atoms with Crippen molar-refractivity contribution in [1.82, 2.24) is 10.2 Å². The second-order valence-corrected chi connectivity index (χ2v) is 7.01. The molecule has 0 saturated carbocycles. The highest BCUT2D eigenvalue weighted by molar-refractivity contribution is 9.11. The molecule has 0 radical (unpaired) electrons. The van der Waals surface area contributed by atoms with Crippen LogP contribution in [0.1, 0.15) is 22.5 Å². The van der Waals surface area contributed by atoms with Gasteiger partial charge in [0, 0.05) is 19.1 Å². The molecule has 1 amide bonds. The first-order valence-corrected chi connectivity index (χ1v) is 7.72. The van der Waals surface area contributed by atoms with E-state index in [0.29, 0.717) is 18.0 Å². The number of halogens is 3. The molecule has 2 heterocycles. The molecule has 19 heavy (non-hydrogen) atoms. The van der Waals surface area contributed by atoms with Crippen LogP contribution in [0.2, 0.25) is 0 Å². The van der Waals surface area contributed by atoms with Crippen LogP contribution in [0.15, 0.2) is 15.9 Å². The van der Waals surface area contributed by atoms with Crippen molar-refractivity contribution in [3.63, 3.8) is 0 Å². The standard InChI is InChI=1S/C12H15BrF2N2OS/c13-10-2-1-9(19-10)12(18)16-8-3-5-17(6-4-8)7-11(14)15/h1-2,8,11H,3-7H2,(H,16,18). The predicted octanol–water partition coefficient (Wildman–Crippen LogP) is 2.97. The van der Waals surface area contributed by atoms with Crippen molar-refractivity contribution in [2.45, 2.75) is 25.3 Å². The van der Waals surface area contributed by atoms with Crippen LogP contribution in [-0.2, 0) is 0 Å². The Morgan fingerprint density at radius 1 is 1.47 bits per heavy atom. The third-order valence-electron chi connectivity index (χ3n) is 3.12. The lowest BCUT2D eigenvalue weighted by Crippen LogP contribution is -2.45. The van der Waals surface area contributed by atoms with E-state index in [4.69, 9.17) is 0 Å². The van der Waals surface area contributed by atoms with Gasteiger partial charge in [-0.2, -0.15) is 0 Å².